The number of hydrogen-bond acceptors (Lipinski definition) is 5. The smallest absolute Gasteiger partial charge is 0.262 e. The van der Waals surface area contributed by atoms with Gasteiger partial charge in [-0.25, -0.2) is 0 Å². The molecule has 2 aromatic rings. The summed E-state index contributed by atoms with van der Waals surface area (Å²) in [5, 5.41) is 20.8. The van der Waals surface area contributed by atoms with Gasteiger partial charge in [0.05, 0.1) is 23.7 Å². The van der Waals surface area contributed by atoms with Crippen molar-refractivity contribution in [1.82, 2.24) is 4.90 Å². The predicted octanol–water partition coefficient (Wildman–Crippen LogP) is 4.88. The van der Waals surface area contributed by atoms with Gasteiger partial charge in [-0.05, 0) is 50.1 Å². The predicted molar refractivity (Wildman–Crippen MR) is 129 cm³/mol. The first-order valence-corrected chi connectivity index (χ1v) is 11.0. The number of aromatic hydroxyl groups is 2. The standard InChI is InChI=1S/C25H31ClN2O4/c1-6-11-27(5)12-8-13-32-24-14-18(9-10-21(24)26)28(7-2)25(31)20-15-19(17(3)4)22(29)16-23(20)30/h1,9-10,14-17,29-30H,7-8,11-13H2,2-5H3. The van der Waals surface area contributed by atoms with E-state index in [1.165, 1.54) is 11.0 Å². The lowest BCUT2D eigenvalue weighted by Gasteiger charge is -2.23. The molecule has 1 amide bonds. The molecule has 172 valence electrons. The lowest BCUT2D eigenvalue weighted by molar-refractivity contribution is 0.0985. The van der Waals surface area contributed by atoms with Crippen LogP contribution in [0.25, 0.3) is 0 Å². The zero-order valence-electron chi connectivity index (χ0n) is 19.1. The molecule has 0 aliphatic rings. The highest BCUT2D eigenvalue weighted by Gasteiger charge is 2.23. The summed E-state index contributed by atoms with van der Waals surface area (Å²) in [6, 6.07) is 7.89. The van der Waals surface area contributed by atoms with Crippen molar-refractivity contribution in [3.05, 3.63) is 46.5 Å². The van der Waals surface area contributed by atoms with Crippen molar-refractivity contribution >= 4 is 23.2 Å². The first-order chi connectivity index (χ1) is 15.2. The van der Waals surface area contributed by atoms with E-state index in [0.717, 1.165) is 13.0 Å². The number of carbonyl (C=O) groups excluding carboxylic acids is 1. The number of nitrogens with zero attached hydrogens (tertiary/aromatic N) is 2. The van der Waals surface area contributed by atoms with Crippen molar-refractivity contribution in [1.29, 1.82) is 0 Å². The highest BCUT2D eigenvalue weighted by atomic mass is 35.5. The van der Waals surface area contributed by atoms with Gasteiger partial charge in [-0.3, -0.25) is 9.69 Å². The van der Waals surface area contributed by atoms with E-state index < -0.39 is 0 Å². The molecule has 0 atom stereocenters. The zero-order chi connectivity index (χ0) is 23.8. The van der Waals surface area contributed by atoms with Crippen LogP contribution in [0.5, 0.6) is 17.2 Å². The van der Waals surface area contributed by atoms with Gasteiger partial charge in [0, 0.05) is 30.9 Å². The fraction of sp³-hybridized carbons (Fsp3) is 0.400. The molecule has 0 saturated carbocycles. The van der Waals surface area contributed by atoms with Gasteiger partial charge in [-0.2, -0.15) is 0 Å². The molecule has 0 fully saturated rings. The van der Waals surface area contributed by atoms with Gasteiger partial charge in [0.1, 0.15) is 17.2 Å². The van der Waals surface area contributed by atoms with Crippen molar-refractivity contribution in [3.63, 3.8) is 0 Å². The monoisotopic (exact) mass is 458 g/mol. The number of carbonyl (C=O) groups is 1. The molecule has 6 nitrogen and oxygen atoms in total. The zero-order valence-corrected chi connectivity index (χ0v) is 19.8. The summed E-state index contributed by atoms with van der Waals surface area (Å²) in [4.78, 5) is 16.8. The van der Waals surface area contributed by atoms with E-state index in [2.05, 4.69) is 5.92 Å². The number of terminal acetylenes is 1. The number of ether oxygens (including phenoxy) is 1. The Morgan fingerprint density at radius 1 is 1.22 bits per heavy atom. The SMILES string of the molecule is C#CCN(C)CCCOc1cc(N(CC)C(=O)c2cc(C(C)C)c(O)cc2O)ccc1Cl. The molecule has 7 heteroatoms. The minimum Gasteiger partial charge on any atom is -0.508 e. The molecule has 0 aliphatic carbocycles. The van der Waals surface area contributed by atoms with E-state index in [-0.39, 0.29) is 28.9 Å². The minimum absolute atomic E-state index is 0.00700. The lowest BCUT2D eigenvalue weighted by Crippen LogP contribution is -2.30. The summed E-state index contributed by atoms with van der Waals surface area (Å²) in [6.45, 7) is 7.85. The van der Waals surface area contributed by atoms with Crippen LogP contribution in [0.4, 0.5) is 5.69 Å². The van der Waals surface area contributed by atoms with Crippen molar-refractivity contribution in [2.45, 2.75) is 33.1 Å². The van der Waals surface area contributed by atoms with Crippen LogP contribution in [0.1, 0.15) is 49.0 Å². The Kier molecular flexibility index (Phi) is 9.25. The fourth-order valence-corrected chi connectivity index (χ4v) is 3.51. The summed E-state index contributed by atoms with van der Waals surface area (Å²) in [7, 11) is 1.95. The van der Waals surface area contributed by atoms with Crippen molar-refractivity contribution in [2.24, 2.45) is 0 Å². The van der Waals surface area contributed by atoms with Crippen LogP contribution in [0.3, 0.4) is 0 Å². The summed E-state index contributed by atoms with van der Waals surface area (Å²) in [6.07, 6.45) is 6.08. The van der Waals surface area contributed by atoms with Crippen molar-refractivity contribution in [2.75, 3.05) is 38.2 Å². The number of rotatable bonds is 10. The third-order valence-electron chi connectivity index (χ3n) is 5.09. The maximum absolute atomic E-state index is 13.3. The van der Waals surface area contributed by atoms with Gasteiger partial charge in [-0.15, -0.1) is 6.42 Å². The number of anilines is 1. The summed E-state index contributed by atoms with van der Waals surface area (Å²) < 4.78 is 5.85. The number of phenolic OH excluding ortho intramolecular Hbond substituents is 2. The Morgan fingerprint density at radius 3 is 2.56 bits per heavy atom. The molecule has 0 spiro atoms. The van der Waals surface area contributed by atoms with Gasteiger partial charge in [0.25, 0.3) is 5.91 Å². The second kappa shape index (κ2) is 11.7. The molecule has 2 rings (SSSR count). The maximum Gasteiger partial charge on any atom is 0.262 e. The summed E-state index contributed by atoms with van der Waals surface area (Å²) >= 11 is 6.30. The molecule has 2 N–H and O–H groups in total. The van der Waals surface area contributed by atoms with E-state index in [0.29, 0.717) is 41.7 Å². The lowest BCUT2D eigenvalue weighted by atomic mass is 9.98. The topological polar surface area (TPSA) is 73.2 Å². The molecule has 0 heterocycles. The van der Waals surface area contributed by atoms with Crippen LogP contribution < -0.4 is 9.64 Å². The normalized spacial score (nSPS) is 10.9. The summed E-state index contributed by atoms with van der Waals surface area (Å²) in [5.41, 5.74) is 1.32. The largest absolute Gasteiger partial charge is 0.508 e. The first kappa shape index (κ1) is 25.4. The quantitative estimate of drug-likeness (QED) is 0.392. The number of amides is 1. The van der Waals surface area contributed by atoms with E-state index in [1.54, 1.807) is 24.3 Å². The van der Waals surface area contributed by atoms with E-state index in [9.17, 15) is 15.0 Å². The number of hydrogen-bond donors (Lipinski definition) is 2. The Labute approximate surface area is 195 Å². The maximum atomic E-state index is 13.3. The van der Waals surface area contributed by atoms with Crippen LogP contribution in [-0.2, 0) is 0 Å². The first-order valence-electron chi connectivity index (χ1n) is 10.6. The second-order valence-corrected chi connectivity index (χ2v) is 8.30. The van der Waals surface area contributed by atoms with E-state index in [1.807, 2.05) is 32.7 Å². The number of phenols is 2. The average molecular weight is 459 g/mol. The van der Waals surface area contributed by atoms with Gasteiger partial charge >= 0.3 is 0 Å². The fourth-order valence-electron chi connectivity index (χ4n) is 3.34. The van der Waals surface area contributed by atoms with Crippen LogP contribution >= 0.6 is 11.6 Å². The molecule has 2 aromatic carbocycles. The number of benzene rings is 2. The van der Waals surface area contributed by atoms with Crippen molar-refractivity contribution in [3.8, 4) is 29.6 Å². The molecule has 0 aromatic heterocycles. The molecule has 0 unspecified atom stereocenters. The third kappa shape index (κ3) is 6.32. The Bertz CT molecular complexity index is 985. The molecule has 0 bridgehead atoms. The van der Waals surface area contributed by atoms with Gasteiger partial charge in [0.15, 0.2) is 0 Å². The average Bonchev–Trinajstić information content (AvgIpc) is 2.73. The molecule has 32 heavy (non-hydrogen) atoms. The Balaban J connectivity index is 2.22. The van der Waals surface area contributed by atoms with Crippen LogP contribution in [0, 0.1) is 12.3 Å². The molecular formula is C25H31ClN2O4. The van der Waals surface area contributed by atoms with Gasteiger partial charge < -0.3 is 19.8 Å². The third-order valence-corrected chi connectivity index (χ3v) is 5.40. The Hall–Kier alpha value is -2.88. The van der Waals surface area contributed by atoms with E-state index >= 15 is 0 Å². The van der Waals surface area contributed by atoms with Gasteiger partial charge in [-0.1, -0.05) is 31.4 Å². The number of halogens is 1. The van der Waals surface area contributed by atoms with Crippen LogP contribution in [0.15, 0.2) is 30.3 Å². The van der Waals surface area contributed by atoms with E-state index in [4.69, 9.17) is 22.8 Å². The summed E-state index contributed by atoms with van der Waals surface area (Å²) in [5.74, 6) is 2.39. The highest BCUT2D eigenvalue weighted by molar-refractivity contribution is 6.32. The molecular weight excluding hydrogens is 428 g/mol. The Morgan fingerprint density at radius 2 is 1.94 bits per heavy atom. The van der Waals surface area contributed by atoms with Crippen LogP contribution in [0.2, 0.25) is 5.02 Å². The molecule has 0 radical (unpaired) electrons. The van der Waals surface area contributed by atoms with Crippen LogP contribution in [-0.4, -0.2) is 54.3 Å². The second-order valence-electron chi connectivity index (χ2n) is 7.89. The molecule has 0 aliphatic heterocycles. The van der Waals surface area contributed by atoms with Crippen molar-refractivity contribution < 1.29 is 19.7 Å². The highest BCUT2D eigenvalue weighted by Crippen LogP contribution is 2.35. The minimum atomic E-state index is -0.379. The van der Waals surface area contributed by atoms with Gasteiger partial charge in [0.2, 0.25) is 0 Å². The molecule has 0 saturated heterocycles.